The number of ketones is 1. The van der Waals surface area contributed by atoms with Crippen LogP contribution in [0.4, 0.5) is 15.8 Å². The van der Waals surface area contributed by atoms with Crippen LogP contribution >= 0.6 is 11.6 Å². The van der Waals surface area contributed by atoms with Crippen LogP contribution in [0.25, 0.3) is 0 Å². The van der Waals surface area contributed by atoms with E-state index in [0.29, 0.717) is 5.69 Å². The molecule has 0 unspecified atom stereocenters. The number of amides is 2. The van der Waals surface area contributed by atoms with E-state index in [4.69, 9.17) is 16.3 Å². The molecule has 0 saturated heterocycles. The van der Waals surface area contributed by atoms with E-state index in [2.05, 4.69) is 5.32 Å². The predicted molar refractivity (Wildman–Crippen MR) is 98.7 cm³/mol. The van der Waals surface area contributed by atoms with E-state index < -0.39 is 42.0 Å². The zero-order valence-electron chi connectivity index (χ0n) is 14.6. The summed E-state index contributed by atoms with van der Waals surface area (Å²) in [5, 5.41) is 2.45. The summed E-state index contributed by atoms with van der Waals surface area (Å²) in [7, 11) is 0. The highest BCUT2D eigenvalue weighted by Gasteiger charge is 2.37. The largest absolute Gasteiger partial charge is 0.451 e. The molecule has 0 spiro atoms. The molecular weight excluding hydrogens is 391 g/mol. The Morgan fingerprint density at radius 1 is 1.21 bits per heavy atom. The van der Waals surface area contributed by atoms with Gasteiger partial charge in [0.1, 0.15) is 12.4 Å². The number of esters is 1. The minimum atomic E-state index is -1.26. The first-order chi connectivity index (χ1) is 13.3. The molecule has 0 aliphatic carbocycles. The van der Waals surface area contributed by atoms with Gasteiger partial charge in [-0.25, -0.2) is 4.39 Å². The first-order valence-electron chi connectivity index (χ1n) is 8.18. The molecule has 1 N–H and O–H groups in total. The molecule has 0 aromatic heterocycles. The van der Waals surface area contributed by atoms with Crippen molar-refractivity contribution >= 4 is 46.5 Å². The Morgan fingerprint density at radius 2 is 1.93 bits per heavy atom. The number of ether oxygens (including phenoxy) is 1. The molecule has 1 heterocycles. The summed E-state index contributed by atoms with van der Waals surface area (Å²) in [5.74, 6) is -3.96. The van der Waals surface area contributed by atoms with Crippen LogP contribution in [0.15, 0.2) is 42.5 Å². The molecule has 1 atom stereocenters. The number of hydrogen-bond donors (Lipinski definition) is 1. The number of hydrogen-bond acceptors (Lipinski definition) is 5. The predicted octanol–water partition coefficient (Wildman–Crippen LogP) is 2.58. The number of para-hydroxylation sites is 1. The SMILES string of the molecule is C[C@H](OC(=O)CN1C(=O)C(=O)c2ccccc21)C(=O)Nc1ccc(Cl)cc1F. The average Bonchev–Trinajstić information content (AvgIpc) is 2.89. The third-order valence-corrected chi connectivity index (χ3v) is 4.27. The maximum Gasteiger partial charge on any atom is 0.326 e. The lowest BCUT2D eigenvalue weighted by Gasteiger charge is -2.18. The van der Waals surface area contributed by atoms with Crippen molar-refractivity contribution in [3.63, 3.8) is 0 Å². The van der Waals surface area contributed by atoms with Crippen LogP contribution in [0.5, 0.6) is 0 Å². The molecule has 2 aromatic carbocycles. The van der Waals surface area contributed by atoms with E-state index in [9.17, 15) is 23.6 Å². The summed E-state index contributed by atoms with van der Waals surface area (Å²) >= 11 is 5.65. The zero-order chi connectivity index (χ0) is 20.4. The fraction of sp³-hybridized carbons (Fsp3) is 0.158. The number of benzene rings is 2. The fourth-order valence-electron chi connectivity index (χ4n) is 2.65. The van der Waals surface area contributed by atoms with Gasteiger partial charge in [-0.2, -0.15) is 0 Å². The number of rotatable bonds is 5. The molecule has 3 rings (SSSR count). The van der Waals surface area contributed by atoms with Gasteiger partial charge in [0, 0.05) is 5.02 Å². The Balaban J connectivity index is 1.62. The molecule has 1 aliphatic heterocycles. The monoisotopic (exact) mass is 404 g/mol. The van der Waals surface area contributed by atoms with Crippen LogP contribution in [-0.2, 0) is 19.1 Å². The van der Waals surface area contributed by atoms with Gasteiger partial charge in [-0.05, 0) is 37.3 Å². The van der Waals surface area contributed by atoms with Crippen molar-refractivity contribution in [1.29, 1.82) is 0 Å². The van der Waals surface area contributed by atoms with Crippen LogP contribution in [0.2, 0.25) is 5.02 Å². The van der Waals surface area contributed by atoms with Crippen LogP contribution in [0.1, 0.15) is 17.3 Å². The topological polar surface area (TPSA) is 92.8 Å². The normalized spacial score (nSPS) is 13.9. The lowest BCUT2D eigenvalue weighted by molar-refractivity contribution is -0.152. The quantitative estimate of drug-likeness (QED) is 0.610. The molecule has 28 heavy (non-hydrogen) atoms. The summed E-state index contributed by atoms with van der Waals surface area (Å²) in [4.78, 5) is 49.2. The molecule has 0 saturated carbocycles. The molecule has 0 bridgehead atoms. The van der Waals surface area contributed by atoms with Gasteiger partial charge in [-0.15, -0.1) is 0 Å². The summed E-state index contributed by atoms with van der Waals surface area (Å²) in [6.45, 7) is 0.764. The van der Waals surface area contributed by atoms with Crippen LogP contribution in [0.3, 0.4) is 0 Å². The number of Topliss-reactive ketones (excluding diaryl/α,β-unsaturated/α-hetero) is 1. The molecule has 7 nitrogen and oxygen atoms in total. The summed E-state index contributed by atoms with van der Waals surface area (Å²) in [5.41, 5.74) is 0.380. The van der Waals surface area contributed by atoms with Gasteiger partial charge < -0.3 is 10.1 Å². The van der Waals surface area contributed by atoms with Crippen molar-refractivity contribution in [2.45, 2.75) is 13.0 Å². The maximum atomic E-state index is 13.7. The smallest absolute Gasteiger partial charge is 0.326 e. The van der Waals surface area contributed by atoms with Crippen molar-refractivity contribution in [2.75, 3.05) is 16.8 Å². The second kappa shape index (κ2) is 7.77. The first-order valence-corrected chi connectivity index (χ1v) is 8.56. The van der Waals surface area contributed by atoms with Crippen molar-refractivity contribution in [2.24, 2.45) is 0 Å². The van der Waals surface area contributed by atoms with E-state index in [1.807, 2.05) is 0 Å². The molecule has 9 heteroatoms. The molecule has 1 aliphatic rings. The Kier molecular flexibility index (Phi) is 5.41. The second-order valence-corrected chi connectivity index (χ2v) is 6.42. The highest BCUT2D eigenvalue weighted by Crippen LogP contribution is 2.28. The summed E-state index contributed by atoms with van der Waals surface area (Å²) < 4.78 is 18.7. The molecule has 2 amide bonds. The lowest BCUT2D eigenvalue weighted by Crippen LogP contribution is -2.38. The number of carbonyl (C=O) groups excluding carboxylic acids is 4. The highest BCUT2D eigenvalue weighted by molar-refractivity contribution is 6.52. The van der Waals surface area contributed by atoms with Crippen LogP contribution < -0.4 is 10.2 Å². The van der Waals surface area contributed by atoms with Gasteiger partial charge in [0.05, 0.1) is 16.9 Å². The minimum Gasteiger partial charge on any atom is -0.451 e. The third-order valence-electron chi connectivity index (χ3n) is 4.03. The summed E-state index contributed by atoms with van der Waals surface area (Å²) in [6.07, 6.45) is -1.26. The number of nitrogens with zero attached hydrogens (tertiary/aromatic N) is 1. The first kappa shape index (κ1) is 19.5. The van der Waals surface area contributed by atoms with Gasteiger partial charge in [0.15, 0.2) is 6.10 Å². The third kappa shape index (κ3) is 3.86. The fourth-order valence-corrected chi connectivity index (χ4v) is 2.81. The van der Waals surface area contributed by atoms with Crippen molar-refractivity contribution < 1.29 is 28.3 Å². The Hall–Kier alpha value is -3.26. The van der Waals surface area contributed by atoms with Gasteiger partial charge >= 0.3 is 5.97 Å². The standard InChI is InChI=1S/C19H14ClFN2O5/c1-10(18(26)22-14-7-6-11(20)8-13(14)21)28-16(24)9-23-15-5-3-2-4-12(15)17(25)19(23)27/h2-8,10H,9H2,1H3,(H,22,26)/t10-/m0/s1. The Bertz CT molecular complexity index is 994. The maximum absolute atomic E-state index is 13.7. The van der Waals surface area contributed by atoms with Gasteiger partial charge in [0.2, 0.25) is 0 Å². The average molecular weight is 405 g/mol. The lowest BCUT2D eigenvalue weighted by atomic mass is 10.1. The van der Waals surface area contributed by atoms with Crippen LogP contribution in [-0.4, -0.2) is 36.2 Å². The molecular formula is C19H14ClFN2O5. The zero-order valence-corrected chi connectivity index (χ0v) is 15.3. The highest BCUT2D eigenvalue weighted by atomic mass is 35.5. The number of nitrogens with one attached hydrogen (secondary N) is 1. The van der Waals surface area contributed by atoms with Gasteiger partial charge in [0.25, 0.3) is 17.6 Å². The number of fused-ring (bicyclic) bond motifs is 1. The van der Waals surface area contributed by atoms with E-state index in [0.717, 1.165) is 11.0 Å². The minimum absolute atomic E-state index is 0.119. The van der Waals surface area contributed by atoms with E-state index in [-0.39, 0.29) is 16.3 Å². The molecule has 2 aromatic rings. The second-order valence-electron chi connectivity index (χ2n) is 5.98. The Morgan fingerprint density at radius 3 is 2.64 bits per heavy atom. The van der Waals surface area contributed by atoms with Crippen molar-refractivity contribution in [3.05, 3.63) is 58.9 Å². The Labute approximate surface area is 164 Å². The van der Waals surface area contributed by atoms with Crippen LogP contribution in [0, 0.1) is 5.82 Å². The van der Waals surface area contributed by atoms with E-state index in [1.54, 1.807) is 12.1 Å². The number of anilines is 2. The van der Waals surface area contributed by atoms with Crippen molar-refractivity contribution in [1.82, 2.24) is 0 Å². The van der Waals surface area contributed by atoms with Crippen molar-refractivity contribution in [3.8, 4) is 0 Å². The summed E-state index contributed by atoms with van der Waals surface area (Å²) in [6, 6.07) is 9.94. The number of carbonyl (C=O) groups is 4. The molecule has 144 valence electrons. The molecule has 0 radical (unpaired) electrons. The van der Waals surface area contributed by atoms with E-state index >= 15 is 0 Å². The van der Waals surface area contributed by atoms with Gasteiger partial charge in [-0.3, -0.25) is 24.1 Å². The van der Waals surface area contributed by atoms with E-state index in [1.165, 1.54) is 31.2 Å². The number of halogens is 2. The molecule has 0 fully saturated rings. The van der Waals surface area contributed by atoms with Gasteiger partial charge in [-0.1, -0.05) is 23.7 Å².